The molecule has 0 amide bonds. The molecule has 0 aromatic carbocycles. The van der Waals surface area contributed by atoms with Crippen LogP contribution in [0.3, 0.4) is 0 Å². The molecule has 0 spiro atoms. The van der Waals surface area contributed by atoms with Crippen LogP contribution >= 0.6 is 0 Å². The number of rotatable bonds is 8. The first-order chi connectivity index (χ1) is 10.2. The molecule has 0 bridgehead atoms. The molecule has 2 aromatic heterocycles. The van der Waals surface area contributed by atoms with Gasteiger partial charge in [0, 0.05) is 38.9 Å². The van der Waals surface area contributed by atoms with Gasteiger partial charge in [0.1, 0.15) is 17.5 Å². The molecule has 0 fully saturated rings. The lowest BCUT2D eigenvalue weighted by molar-refractivity contribution is 0.387. The summed E-state index contributed by atoms with van der Waals surface area (Å²) in [6, 6.07) is 1.93. The van der Waals surface area contributed by atoms with Gasteiger partial charge in [-0.3, -0.25) is 0 Å². The number of hydrogen-bond acceptors (Lipinski definition) is 7. The highest BCUT2D eigenvalue weighted by Gasteiger charge is 2.05. The Balaban J connectivity index is 1.94. The average Bonchev–Trinajstić information content (AvgIpc) is 2.90. The van der Waals surface area contributed by atoms with E-state index in [2.05, 4.69) is 37.7 Å². The zero-order chi connectivity index (χ0) is 15.1. The van der Waals surface area contributed by atoms with Crippen molar-refractivity contribution in [1.82, 2.24) is 20.1 Å². The zero-order valence-electron chi connectivity index (χ0n) is 12.8. The largest absolute Gasteiger partial charge is 0.370 e. The summed E-state index contributed by atoms with van der Waals surface area (Å²) >= 11 is 0. The Morgan fingerprint density at radius 1 is 1.00 bits per heavy atom. The fraction of sp³-hybridized carbons (Fsp3) is 0.571. The van der Waals surface area contributed by atoms with E-state index in [1.165, 1.54) is 0 Å². The highest BCUT2D eigenvalue weighted by atomic mass is 16.5. The highest BCUT2D eigenvalue weighted by molar-refractivity contribution is 5.47. The van der Waals surface area contributed by atoms with Gasteiger partial charge >= 0.3 is 0 Å². The van der Waals surface area contributed by atoms with E-state index in [0.29, 0.717) is 24.7 Å². The van der Waals surface area contributed by atoms with Gasteiger partial charge in [0.05, 0.1) is 0 Å². The number of hydrogen-bond donors (Lipinski definition) is 2. The summed E-state index contributed by atoms with van der Waals surface area (Å²) in [5.74, 6) is 3.80. The van der Waals surface area contributed by atoms with Crippen LogP contribution in [-0.4, -0.2) is 33.2 Å². The molecule has 0 unspecified atom stereocenters. The summed E-state index contributed by atoms with van der Waals surface area (Å²) in [4.78, 5) is 13.1. The third-order valence-corrected chi connectivity index (χ3v) is 2.87. The van der Waals surface area contributed by atoms with Crippen molar-refractivity contribution in [2.24, 2.45) is 0 Å². The number of aryl methyl sites for hydroxylation is 2. The molecule has 114 valence electrons. The topological polar surface area (TPSA) is 88.8 Å². The second kappa shape index (κ2) is 7.56. The Hall–Kier alpha value is -2.18. The molecule has 0 atom stereocenters. The van der Waals surface area contributed by atoms with Gasteiger partial charge in [-0.05, 0) is 6.42 Å². The van der Waals surface area contributed by atoms with Crippen LogP contribution in [0.25, 0.3) is 0 Å². The Labute approximate surface area is 124 Å². The van der Waals surface area contributed by atoms with Gasteiger partial charge in [-0.1, -0.05) is 19.0 Å². The van der Waals surface area contributed by atoms with Crippen molar-refractivity contribution in [3.63, 3.8) is 0 Å². The smallest absolute Gasteiger partial charge is 0.223 e. The maximum Gasteiger partial charge on any atom is 0.223 e. The molecule has 2 rings (SSSR count). The molecule has 0 aliphatic carbocycles. The van der Waals surface area contributed by atoms with Gasteiger partial charge in [0.25, 0.3) is 0 Å². The van der Waals surface area contributed by atoms with Crippen molar-refractivity contribution in [3.8, 4) is 0 Å². The van der Waals surface area contributed by atoms with Gasteiger partial charge in [-0.25, -0.2) is 9.97 Å². The monoisotopic (exact) mass is 290 g/mol. The molecule has 21 heavy (non-hydrogen) atoms. The molecule has 0 radical (unpaired) electrons. The average molecular weight is 290 g/mol. The van der Waals surface area contributed by atoms with Gasteiger partial charge in [-0.15, -0.1) is 0 Å². The normalized spacial score (nSPS) is 10.6. The number of nitrogens with one attached hydrogen (secondary N) is 2. The van der Waals surface area contributed by atoms with Crippen LogP contribution < -0.4 is 10.6 Å². The lowest BCUT2D eigenvalue weighted by atomic mass is 10.3. The van der Waals surface area contributed by atoms with Crippen molar-refractivity contribution in [2.75, 3.05) is 23.7 Å². The minimum absolute atomic E-state index is 0.589. The minimum Gasteiger partial charge on any atom is -0.370 e. The van der Waals surface area contributed by atoms with Gasteiger partial charge in [0.2, 0.25) is 5.89 Å². The van der Waals surface area contributed by atoms with Crippen molar-refractivity contribution in [2.45, 2.75) is 40.0 Å². The lowest BCUT2D eigenvalue weighted by Gasteiger charge is -2.09. The molecule has 7 nitrogen and oxygen atoms in total. The molecule has 2 aromatic rings. The predicted octanol–water partition coefficient (Wildman–Crippen LogP) is 2.21. The van der Waals surface area contributed by atoms with Crippen LogP contribution in [0.4, 0.5) is 11.6 Å². The third kappa shape index (κ3) is 4.70. The molecule has 0 aliphatic rings. The molecule has 0 saturated carbocycles. The number of aromatic nitrogens is 4. The summed E-state index contributed by atoms with van der Waals surface area (Å²) < 4.78 is 4.94. The second-order valence-corrected chi connectivity index (χ2v) is 4.74. The predicted molar refractivity (Wildman–Crippen MR) is 81.4 cm³/mol. The fourth-order valence-electron chi connectivity index (χ4n) is 1.83. The molecular formula is C14H22N6O. The van der Waals surface area contributed by atoms with Crippen LogP contribution in [0.5, 0.6) is 0 Å². The van der Waals surface area contributed by atoms with E-state index < -0.39 is 0 Å². The SMILES string of the molecule is CCCNc1cc(NCCc2noc(C)n2)nc(CC)n1. The van der Waals surface area contributed by atoms with E-state index in [1.54, 1.807) is 6.92 Å². The Kier molecular flexibility index (Phi) is 5.48. The molecule has 2 heterocycles. The number of anilines is 2. The Morgan fingerprint density at radius 2 is 1.71 bits per heavy atom. The molecule has 0 aliphatic heterocycles. The summed E-state index contributed by atoms with van der Waals surface area (Å²) in [5, 5.41) is 10.4. The van der Waals surface area contributed by atoms with E-state index >= 15 is 0 Å². The highest BCUT2D eigenvalue weighted by Crippen LogP contribution is 2.12. The first-order valence-corrected chi connectivity index (χ1v) is 7.36. The first kappa shape index (κ1) is 15.2. The zero-order valence-corrected chi connectivity index (χ0v) is 12.8. The molecular weight excluding hydrogens is 268 g/mol. The first-order valence-electron chi connectivity index (χ1n) is 7.36. The maximum absolute atomic E-state index is 4.94. The van der Waals surface area contributed by atoms with E-state index in [-0.39, 0.29) is 0 Å². The quantitative estimate of drug-likeness (QED) is 0.770. The van der Waals surface area contributed by atoms with Crippen LogP contribution in [-0.2, 0) is 12.8 Å². The standard InChI is InChI=1S/C14H22N6O/c1-4-7-15-13-9-14(19-11(5-2)18-13)16-8-6-12-17-10(3)21-20-12/h9H,4-8H2,1-3H3,(H2,15,16,18,19). The molecule has 7 heteroatoms. The maximum atomic E-state index is 4.94. The van der Waals surface area contributed by atoms with Crippen molar-refractivity contribution < 1.29 is 4.52 Å². The summed E-state index contributed by atoms with van der Waals surface area (Å²) in [6.07, 6.45) is 2.56. The van der Waals surface area contributed by atoms with Crippen LogP contribution in [0.15, 0.2) is 10.6 Å². The molecule has 0 saturated heterocycles. The van der Waals surface area contributed by atoms with E-state index in [4.69, 9.17) is 4.52 Å². The third-order valence-electron chi connectivity index (χ3n) is 2.87. The summed E-state index contributed by atoms with van der Waals surface area (Å²) in [7, 11) is 0. The van der Waals surface area contributed by atoms with Gasteiger partial charge in [-0.2, -0.15) is 4.98 Å². The summed E-state index contributed by atoms with van der Waals surface area (Å²) in [6.45, 7) is 7.56. The minimum atomic E-state index is 0.589. The lowest BCUT2D eigenvalue weighted by Crippen LogP contribution is -2.11. The van der Waals surface area contributed by atoms with Crippen LogP contribution in [0.2, 0.25) is 0 Å². The van der Waals surface area contributed by atoms with E-state index in [1.807, 2.05) is 13.0 Å². The van der Waals surface area contributed by atoms with Gasteiger partial charge < -0.3 is 15.2 Å². The summed E-state index contributed by atoms with van der Waals surface area (Å²) in [5.41, 5.74) is 0. The van der Waals surface area contributed by atoms with E-state index in [0.717, 1.165) is 36.8 Å². The number of nitrogens with zero attached hydrogens (tertiary/aromatic N) is 4. The van der Waals surface area contributed by atoms with Gasteiger partial charge in [0.15, 0.2) is 5.82 Å². The van der Waals surface area contributed by atoms with Crippen LogP contribution in [0, 0.1) is 6.92 Å². The second-order valence-electron chi connectivity index (χ2n) is 4.74. The van der Waals surface area contributed by atoms with Crippen molar-refractivity contribution in [3.05, 3.63) is 23.6 Å². The van der Waals surface area contributed by atoms with Crippen LogP contribution in [0.1, 0.15) is 37.8 Å². The van der Waals surface area contributed by atoms with Crippen molar-refractivity contribution in [1.29, 1.82) is 0 Å². The molecule has 2 N–H and O–H groups in total. The van der Waals surface area contributed by atoms with Crippen molar-refractivity contribution >= 4 is 11.6 Å². The Bertz CT molecular complexity index is 568. The fourth-order valence-corrected chi connectivity index (χ4v) is 1.83. The van der Waals surface area contributed by atoms with E-state index in [9.17, 15) is 0 Å². The Morgan fingerprint density at radius 3 is 2.29 bits per heavy atom.